The Bertz CT molecular complexity index is 1050. The molecule has 0 fully saturated rings. The van der Waals surface area contributed by atoms with Gasteiger partial charge in [0.1, 0.15) is 5.82 Å². The third kappa shape index (κ3) is 5.10. The van der Waals surface area contributed by atoms with Crippen LogP contribution < -0.4 is 10.6 Å². The van der Waals surface area contributed by atoms with E-state index in [4.69, 9.17) is 28.6 Å². The van der Waals surface area contributed by atoms with Crippen LogP contribution in [-0.2, 0) is 6.54 Å². The number of hydrogen-bond acceptors (Lipinski definition) is 5. The number of halogens is 2. The summed E-state index contributed by atoms with van der Waals surface area (Å²) in [6.07, 6.45) is 3.17. The number of nitrogens with one attached hydrogen (secondary N) is 3. The Labute approximate surface area is 178 Å². The number of rotatable bonds is 6. The highest BCUT2D eigenvalue weighted by atomic mass is 35.5. The molecule has 0 saturated heterocycles. The van der Waals surface area contributed by atoms with Gasteiger partial charge in [-0.2, -0.15) is 0 Å². The Hall–Kier alpha value is -2.96. The van der Waals surface area contributed by atoms with Gasteiger partial charge in [0.2, 0.25) is 0 Å². The van der Waals surface area contributed by atoms with Gasteiger partial charge in [-0.3, -0.25) is 9.78 Å². The largest absolute Gasteiger partial charge is 0.365 e. The second-order valence-electron chi connectivity index (χ2n) is 6.46. The minimum absolute atomic E-state index is 0.170. The predicted molar refractivity (Wildman–Crippen MR) is 117 cm³/mol. The van der Waals surface area contributed by atoms with Crippen molar-refractivity contribution in [2.45, 2.75) is 20.4 Å². The number of benzene rings is 1. The van der Waals surface area contributed by atoms with Crippen LogP contribution in [0.15, 0.2) is 48.8 Å². The Kier molecular flexibility index (Phi) is 6.46. The molecule has 0 aliphatic rings. The zero-order chi connectivity index (χ0) is 21.0. The lowest BCUT2D eigenvalue weighted by molar-refractivity contribution is 0.102. The van der Waals surface area contributed by atoms with E-state index >= 15 is 0 Å². The molecule has 0 spiro atoms. The van der Waals surface area contributed by atoms with E-state index in [1.54, 1.807) is 37.4 Å². The SMILES string of the molecule is CC(=N)c1c(NCc2ccc(C)nc2)ncc(C(=O)Nc2ccc(Cl)cc2)c1Cl. The van der Waals surface area contributed by atoms with Crippen molar-refractivity contribution in [3.05, 3.63) is 81.2 Å². The van der Waals surface area contributed by atoms with Crippen LogP contribution in [0.2, 0.25) is 10.0 Å². The highest BCUT2D eigenvalue weighted by molar-refractivity contribution is 6.38. The molecule has 2 heterocycles. The van der Waals surface area contributed by atoms with Crippen LogP contribution >= 0.6 is 23.2 Å². The fraction of sp³-hybridized carbons (Fsp3) is 0.143. The first-order valence-electron chi connectivity index (χ1n) is 8.81. The van der Waals surface area contributed by atoms with Crippen molar-refractivity contribution in [1.82, 2.24) is 9.97 Å². The van der Waals surface area contributed by atoms with Gasteiger partial charge in [0.15, 0.2) is 0 Å². The van der Waals surface area contributed by atoms with Crippen molar-refractivity contribution in [1.29, 1.82) is 5.41 Å². The summed E-state index contributed by atoms with van der Waals surface area (Å²) in [5, 5.41) is 14.8. The molecule has 3 N–H and O–H groups in total. The van der Waals surface area contributed by atoms with E-state index < -0.39 is 5.91 Å². The highest BCUT2D eigenvalue weighted by Crippen LogP contribution is 2.28. The van der Waals surface area contributed by atoms with Crippen LogP contribution in [-0.4, -0.2) is 21.6 Å². The summed E-state index contributed by atoms with van der Waals surface area (Å²) in [5.74, 6) is 0.0210. The summed E-state index contributed by atoms with van der Waals surface area (Å²) in [6, 6.07) is 10.6. The molecule has 29 heavy (non-hydrogen) atoms. The van der Waals surface area contributed by atoms with Crippen LogP contribution in [0.5, 0.6) is 0 Å². The number of aryl methyl sites for hydroxylation is 1. The Morgan fingerprint density at radius 3 is 2.41 bits per heavy atom. The van der Waals surface area contributed by atoms with E-state index in [2.05, 4.69) is 20.6 Å². The second kappa shape index (κ2) is 9.03. The van der Waals surface area contributed by atoms with Gasteiger partial charge >= 0.3 is 0 Å². The molecule has 0 atom stereocenters. The molecule has 8 heteroatoms. The van der Waals surface area contributed by atoms with Crippen molar-refractivity contribution >= 4 is 46.3 Å². The highest BCUT2D eigenvalue weighted by Gasteiger charge is 2.19. The van der Waals surface area contributed by atoms with E-state index in [0.29, 0.717) is 28.6 Å². The standard InChI is InChI=1S/C21H19Cl2N5O/c1-12-3-4-14(9-25-12)10-26-20-18(13(2)24)19(23)17(11-27-20)21(29)28-16-7-5-15(22)6-8-16/h3-9,11,24H,10H2,1-2H3,(H,26,27)(H,28,29). The van der Waals surface area contributed by atoms with E-state index in [9.17, 15) is 4.79 Å². The van der Waals surface area contributed by atoms with Gasteiger partial charge in [-0.05, 0) is 49.7 Å². The molecule has 3 aromatic rings. The molecule has 0 unspecified atom stereocenters. The maximum absolute atomic E-state index is 12.6. The molecule has 0 aliphatic heterocycles. The average Bonchev–Trinajstić information content (AvgIpc) is 2.69. The smallest absolute Gasteiger partial charge is 0.258 e. The lowest BCUT2D eigenvalue weighted by atomic mass is 10.1. The number of amides is 1. The van der Waals surface area contributed by atoms with Crippen LogP contribution in [0.4, 0.5) is 11.5 Å². The molecular formula is C21H19Cl2N5O. The van der Waals surface area contributed by atoms with Crippen molar-refractivity contribution in [3.63, 3.8) is 0 Å². The zero-order valence-corrected chi connectivity index (χ0v) is 17.4. The monoisotopic (exact) mass is 427 g/mol. The van der Waals surface area contributed by atoms with Gasteiger partial charge in [-0.25, -0.2) is 4.98 Å². The number of aromatic nitrogens is 2. The Balaban J connectivity index is 1.83. The lowest BCUT2D eigenvalue weighted by Crippen LogP contribution is -2.16. The van der Waals surface area contributed by atoms with Crippen molar-refractivity contribution < 1.29 is 4.79 Å². The summed E-state index contributed by atoms with van der Waals surface area (Å²) >= 11 is 12.3. The van der Waals surface area contributed by atoms with Crippen molar-refractivity contribution in [2.24, 2.45) is 0 Å². The molecule has 2 aromatic heterocycles. The fourth-order valence-corrected chi connectivity index (χ4v) is 3.14. The Morgan fingerprint density at radius 2 is 1.79 bits per heavy atom. The van der Waals surface area contributed by atoms with E-state index in [1.165, 1.54) is 6.20 Å². The van der Waals surface area contributed by atoms with Crippen molar-refractivity contribution in [3.8, 4) is 0 Å². The fourth-order valence-electron chi connectivity index (χ4n) is 2.64. The maximum atomic E-state index is 12.6. The van der Waals surface area contributed by atoms with Gasteiger partial charge < -0.3 is 16.0 Å². The summed E-state index contributed by atoms with van der Waals surface area (Å²) in [7, 11) is 0. The zero-order valence-electron chi connectivity index (χ0n) is 15.9. The van der Waals surface area contributed by atoms with Crippen LogP contribution in [0.1, 0.15) is 34.1 Å². The van der Waals surface area contributed by atoms with Gasteiger partial charge in [0.05, 0.1) is 16.1 Å². The first-order valence-corrected chi connectivity index (χ1v) is 9.57. The second-order valence-corrected chi connectivity index (χ2v) is 7.27. The number of carbonyl (C=O) groups is 1. The summed E-state index contributed by atoms with van der Waals surface area (Å²) in [5.41, 5.74) is 3.25. The van der Waals surface area contributed by atoms with E-state index in [1.807, 2.05) is 19.1 Å². The topological polar surface area (TPSA) is 90.8 Å². The van der Waals surface area contributed by atoms with Crippen molar-refractivity contribution in [2.75, 3.05) is 10.6 Å². The predicted octanol–water partition coefficient (Wildman–Crippen LogP) is 5.34. The third-order valence-electron chi connectivity index (χ3n) is 4.17. The number of pyridine rings is 2. The summed E-state index contributed by atoms with van der Waals surface area (Å²) in [4.78, 5) is 21.2. The molecule has 0 radical (unpaired) electrons. The molecule has 1 amide bonds. The summed E-state index contributed by atoms with van der Waals surface area (Å²) < 4.78 is 0. The van der Waals surface area contributed by atoms with Gasteiger partial charge in [0, 0.05) is 41.1 Å². The normalized spacial score (nSPS) is 10.5. The number of nitrogens with zero attached hydrogens (tertiary/aromatic N) is 2. The van der Waals surface area contributed by atoms with Gasteiger partial charge in [0.25, 0.3) is 5.91 Å². The molecule has 6 nitrogen and oxygen atoms in total. The molecule has 0 aliphatic carbocycles. The molecule has 0 bridgehead atoms. The van der Waals surface area contributed by atoms with Crippen LogP contribution in [0.25, 0.3) is 0 Å². The van der Waals surface area contributed by atoms with Crippen LogP contribution in [0, 0.1) is 12.3 Å². The van der Waals surface area contributed by atoms with Gasteiger partial charge in [-0.15, -0.1) is 0 Å². The number of anilines is 2. The van der Waals surface area contributed by atoms with E-state index in [-0.39, 0.29) is 16.3 Å². The summed E-state index contributed by atoms with van der Waals surface area (Å²) in [6.45, 7) is 3.98. The average molecular weight is 428 g/mol. The Morgan fingerprint density at radius 1 is 1.07 bits per heavy atom. The molecule has 0 saturated carbocycles. The lowest BCUT2D eigenvalue weighted by Gasteiger charge is -2.15. The number of carbonyl (C=O) groups excluding carboxylic acids is 1. The van der Waals surface area contributed by atoms with Crippen LogP contribution in [0.3, 0.4) is 0 Å². The molecular weight excluding hydrogens is 409 g/mol. The number of hydrogen-bond donors (Lipinski definition) is 3. The minimum Gasteiger partial charge on any atom is -0.365 e. The maximum Gasteiger partial charge on any atom is 0.258 e. The third-order valence-corrected chi connectivity index (χ3v) is 4.81. The minimum atomic E-state index is -0.415. The quantitative estimate of drug-likeness (QED) is 0.462. The molecule has 1 aromatic carbocycles. The van der Waals surface area contributed by atoms with E-state index in [0.717, 1.165) is 11.3 Å². The first-order chi connectivity index (χ1) is 13.8. The van der Waals surface area contributed by atoms with Gasteiger partial charge in [-0.1, -0.05) is 29.3 Å². The molecule has 3 rings (SSSR count). The molecule has 148 valence electrons. The first kappa shape index (κ1) is 20.8.